The Hall–Kier alpha value is -2.70. The molecule has 0 saturated heterocycles. The Balaban J connectivity index is 1.85. The lowest BCUT2D eigenvalue weighted by atomic mass is 9.71. The minimum atomic E-state index is -0.510. The maximum atomic E-state index is 12.4. The summed E-state index contributed by atoms with van der Waals surface area (Å²) in [5.74, 6) is 0.0981. The number of benzene rings is 1. The molecule has 1 saturated carbocycles. The van der Waals surface area contributed by atoms with Crippen LogP contribution in [0.4, 0.5) is 4.53 Å². The van der Waals surface area contributed by atoms with E-state index in [-0.39, 0.29) is 17.0 Å². The number of hydrogen-bond donors (Lipinski definition) is 2. The average molecular weight is 317 g/mol. The van der Waals surface area contributed by atoms with Gasteiger partial charge in [-0.3, -0.25) is 14.5 Å². The molecule has 0 aliphatic heterocycles. The lowest BCUT2D eigenvalue weighted by Gasteiger charge is -2.43. The normalized spacial score (nSPS) is 15.6. The molecule has 1 aliphatic rings. The molecule has 0 radical (unpaired) electrons. The van der Waals surface area contributed by atoms with Crippen LogP contribution in [0.3, 0.4) is 0 Å². The van der Waals surface area contributed by atoms with Gasteiger partial charge in [-0.2, -0.15) is 0 Å². The smallest absolute Gasteiger partial charge is 0.270 e. The molecule has 0 spiro atoms. The van der Waals surface area contributed by atoms with Gasteiger partial charge in [0.2, 0.25) is 0 Å². The molecule has 1 amide bonds. The van der Waals surface area contributed by atoms with Crippen LogP contribution in [0.2, 0.25) is 0 Å². The number of aryl methyl sites for hydroxylation is 1. The second-order valence-corrected chi connectivity index (χ2v) is 5.71. The molecule has 1 aromatic heterocycles. The van der Waals surface area contributed by atoms with Gasteiger partial charge in [-0.25, -0.2) is 4.98 Å². The average Bonchev–Trinajstić information content (AvgIpc) is 2.50. The van der Waals surface area contributed by atoms with E-state index in [9.17, 15) is 14.1 Å². The van der Waals surface area contributed by atoms with E-state index in [1.54, 1.807) is 19.1 Å². The Morgan fingerprint density at radius 2 is 2.04 bits per heavy atom. The zero-order valence-corrected chi connectivity index (χ0v) is 12.6. The number of amides is 1. The van der Waals surface area contributed by atoms with Gasteiger partial charge in [-0.1, -0.05) is 12.1 Å². The highest BCUT2D eigenvalue weighted by molar-refractivity contribution is 5.92. The first-order chi connectivity index (χ1) is 11.0. The van der Waals surface area contributed by atoms with Gasteiger partial charge in [0.05, 0.1) is 5.54 Å². The van der Waals surface area contributed by atoms with Crippen molar-refractivity contribution in [2.24, 2.45) is 0 Å². The van der Waals surface area contributed by atoms with Crippen molar-refractivity contribution in [2.45, 2.75) is 31.7 Å². The molecule has 3 rings (SSSR count). The molecule has 6 nitrogen and oxygen atoms in total. The summed E-state index contributed by atoms with van der Waals surface area (Å²) in [6.45, 7) is 1.62. The Morgan fingerprint density at radius 1 is 1.35 bits per heavy atom. The van der Waals surface area contributed by atoms with Crippen LogP contribution >= 0.6 is 0 Å². The Morgan fingerprint density at radius 3 is 2.57 bits per heavy atom. The van der Waals surface area contributed by atoms with Gasteiger partial charge in [-0.05, 0) is 43.9 Å². The molecule has 0 bridgehead atoms. The quantitative estimate of drug-likeness (QED) is 0.905. The van der Waals surface area contributed by atoms with Gasteiger partial charge >= 0.3 is 0 Å². The van der Waals surface area contributed by atoms with Crippen molar-refractivity contribution in [3.05, 3.63) is 57.8 Å². The highest BCUT2D eigenvalue weighted by atomic mass is 19.3. The highest BCUT2D eigenvalue weighted by Gasteiger charge is 2.40. The molecule has 1 aliphatic carbocycles. The number of aromatic nitrogens is 2. The number of aromatic amines is 1. The summed E-state index contributed by atoms with van der Waals surface area (Å²) in [5.41, 5.74) is 0.0832. The van der Waals surface area contributed by atoms with E-state index >= 15 is 0 Å². The van der Waals surface area contributed by atoms with Gasteiger partial charge in [0, 0.05) is 10.6 Å². The largest absolute Gasteiger partial charge is 0.341 e. The zero-order chi connectivity index (χ0) is 16.4. The lowest BCUT2D eigenvalue weighted by Crippen LogP contribution is -2.51. The van der Waals surface area contributed by atoms with Gasteiger partial charge in [0.25, 0.3) is 11.5 Å². The minimum absolute atomic E-state index is 0.0845. The highest BCUT2D eigenvalue weighted by Crippen LogP contribution is 2.41. The number of nitrogens with zero attached hydrogens (tertiary/aromatic N) is 1. The van der Waals surface area contributed by atoms with Gasteiger partial charge in [-0.15, -0.1) is 0 Å². The summed E-state index contributed by atoms with van der Waals surface area (Å²) >= 11 is 0. The fourth-order valence-electron chi connectivity index (χ4n) is 2.82. The fourth-order valence-corrected chi connectivity index (χ4v) is 2.82. The standard InChI is InChI=1S/C16H16FN3O3/c1-10-18-13(9-14(21)19-10)15(22)20-16(7-2-8-16)11-3-5-12(23-17)6-4-11/h3-6,9H,2,7-8H2,1H3,(H,20,22)(H,18,19,21). The van der Waals surface area contributed by atoms with Crippen LogP contribution < -0.4 is 15.8 Å². The number of carbonyl (C=O) groups is 1. The van der Waals surface area contributed by atoms with E-state index in [1.165, 1.54) is 18.2 Å². The fraction of sp³-hybridized carbons (Fsp3) is 0.312. The maximum absolute atomic E-state index is 12.4. The molecule has 2 N–H and O–H groups in total. The summed E-state index contributed by atoms with van der Waals surface area (Å²) in [5, 5.41) is 2.97. The second-order valence-electron chi connectivity index (χ2n) is 5.71. The van der Waals surface area contributed by atoms with E-state index in [1.807, 2.05) is 0 Å². The first-order valence-corrected chi connectivity index (χ1v) is 7.32. The summed E-state index contributed by atoms with van der Waals surface area (Å²) in [7, 11) is 0. The maximum Gasteiger partial charge on any atom is 0.270 e. The van der Waals surface area contributed by atoms with Gasteiger partial charge in [0.15, 0.2) is 5.75 Å². The molecule has 1 fully saturated rings. The number of halogens is 1. The number of rotatable bonds is 4. The van der Waals surface area contributed by atoms with Gasteiger partial charge in [0.1, 0.15) is 11.5 Å². The third-order valence-electron chi connectivity index (χ3n) is 4.15. The van der Waals surface area contributed by atoms with Crippen molar-refractivity contribution >= 4 is 5.91 Å². The molecule has 120 valence electrons. The predicted octanol–water partition coefficient (Wildman–Crippen LogP) is 2.15. The zero-order valence-electron chi connectivity index (χ0n) is 12.6. The topological polar surface area (TPSA) is 84.1 Å². The van der Waals surface area contributed by atoms with Crippen molar-refractivity contribution in [1.82, 2.24) is 15.3 Å². The third-order valence-corrected chi connectivity index (χ3v) is 4.15. The summed E-state index contributed by atoms with van der Waals surface area (Å²) in [6.07, 6.45) is 2.52. The second kappa shape index (κ2) is 5.83. The SMILES string of the molecule is Cc1nc(C(=O)NC2(c3ccc(OF)cc3)CCC2)cc(=O)[nH]1. The van der Waals surface area contributed by atoms with Crippen LogP contribution in [0.5, 0.6) is 5.75 Å². The number of nitrogens with one attached hydrogen (secondary N) is 2. The summed E-state index contributed by atoms with van der Waals surface area (Å²) in [6, 6.07) is 7.65. The molecule has 2 aromatic rings. The molecule has 0 atom stereocenters. The predicted molar refractivity (Wildman–Crippen MR) is 80.8 cm³/mol. The number of hydrogen-bond acceptors (Lipinski definition) is 4. The van der Waals surface area contributed by atoms with Crippen molar-refractivity contribution in [2.75, 3.05) is 0 Å². The van der Waals surface area contributed by atoms with Crippen molar-refractivity contribution in [3.8, 4) is 5.75 Å². The monoisotopic (exact) mass is 317 g/mol. The van der Waals surface area contributed by atoms with Crippen LogP contribution in [-0.2, 0) is 5.54 Å². The molecule has 1 aromatic carbocycles. The van der Waals surface area contributed by atoms with E-state index < -0.39 is 11.4 Å². The first-order valence-electron chi connectivity index (χ1n) is 7.32. The number of H-pyrrole nitrogens is 1. The van der Waals surface area contributed by atoms with E-state index in [0.29, 0.717) is 5.82 Å². The van der Waals surface area contributed by atoms with Crippen molar-refractivity contribution < 1.29 is 14.3 Å². The Bertz CT molecular complexity index is 782. The summed E-state index contributed by atoms with van der Waals surface area (Å²) in [4.78, 5) is 34.2. The third kappa shape index (κ3) is 2.94. The minimum Gasteiger partial charge on any atom is -0.341 e. The molecule has 23 heavy (non-hydrogen) atoms. The molecular weight excluding hydrogens is 301 g/mol. The van der Waals surface area contributed by atoms with E-state index in [2.05, 4.69) is 20.2 Å². The van der Waals surface area contributed by atoms with Gasteiger partial charge < -0.3 is 10.3 Å². The molecule has 1 heterocycles. The first kappa shape index (κ1) is 15.2. The van der Waals surface area contributed by atoms with Crippen LogP contribution in [0.25, 0.3) is 0 Å². The number of carbonyl (C=O) groups excluding carboxylic acids is 1. The van der Waals surface area contributed by atoms with Crippen LogP contribution in [0, 0.1) is 6.92 Å². The van der Waals surface area contributed by atoms with Crippen LogP contribution in [0.15, 0.2) is 35.1 Å². The Kier molecular flexibility index (Phi) is 3.85. The molecule has 0 unspecified atom stereocenters. The van der Waals surface area contributed by atoms with Crippen molar-refractivity contribution in [3.63, 3.8) is 0 Å². The summed E-state index contributed by atoms with van der Waals surface area (Å²) < 4.78 is 12.1. The Labute approximate surface area is 131 Å². The molecular formula is C16H16FN3O3. The van der Waals surface area contributed by atoms with Crippen LogP contribution in [-0.4, -0.2) is 15.9 Å². The molecule has 7 heteroatoms. The van der Waals surface area contributed by atoms with Crippen molar-refractivity contribution in [1.29, 1.82) is 0 Å². The van der Waals surface area contributed by atoms with Crippen LogP contribution in [0.1, 0.15) is 41.1 Å². The van der Waals surface area contributed by atoms with E-state index in [0.717, 1.165) is 24.8 Å². The lowest BCUT2D eigenvalue weighted by molar-refractivity contribution is -0.00628. The van der Waals surface area contributed by atoms with E-state index in [4.69, 9.17) is 0 Å².